The van der Waals surface area contributed by atoms with E-state index in [9.17, 15) is 9.90 Å². The summed E-state index contributed by atoms with van der Waals surface area (Å²) in [5.74, 6) is -0.0534. The van der Waals surface area contributed by atoms with E-state index >= 15 is 0 Å². The number of hydrogen-bond acceptors (Lipinski definition) is 5. The van der Waals surface area contributed by atoms with Crippen LogP contribution in [0.25, 0.3) is 5.69 Å². The maximum Gasteiger partial charge on any atom is 0.251 e. The Bertz CT molecular complexity index is 693. The Morgan fingerprint density at radius 2 is 2.16 bits per heavy atom. The van der Waals surface area contributed by atoms with Gasteiger partial charge >= 0.3 is 0 Å². The first kappa shape index (κ1) is 17.6. The van der Waals surface area contributed by atoms with E-state index in [0.29, 0.717) is 12.1 Å². The van der Waals surface area contributed by atoms with Crippen molar-refractivity contribution in [3.05, 3.63) is 42.0 Å². The lowest BCUT2D eigenvalue weighted by molar-refractivity contribution is 0.0816. The first-order valence-electron chi connectivity index (χ1n) is 8.78. The number of nitrogens with zero attached hydrogens (tertiary/aromatic N) is 4. The average Bonchev–Trinajstić information content (AvgIpc) is 3.14. The number of likely N-dealkylation sites (tertiary alicyclic amines) is 1. The highest BCUT2D eigenvalue weighted by molar-refractivity contribution is 5.94. The summed E-state index contributed by atoms with van der Waals surface area (Å²) in [6.45, 7) is 5.45. The lowest BCUT2D eigenvalue weighted by atomic mass is 10.1. The Balaban J connectivity index is 1.46. The molecule has 0 bridgehead atoms. The number of benzene rings is 1. The molecule has 134 valence electrons. The Morgan fingerprint density at radius 1 is 1.36 bits per heavy atom. The molecule has 1 aliphatic heterocycles. The minimum Gasteiger partial charge on any atom is -0.393 e. The standard InChI is InChI=1S/C18H25N5O2/c1-14-11-15(3-4-17(14)23-13-19-12-21-23)18(25)20-7-2-8-22-9-5-16(24)6-10-22/h3-4,11-13,16,24H,2,5-10H2,1H3,(H,20,25). The van der Waals surface area contributed by atoms with Gasteiger partial charge in [-0.05, 0) is 56.5 Å². The van der Waals surface area contributed by atoms with E-state index in [1.54, 1.807) is 11.0 Å². The first-order chi connectivity index (χ1) is 12.1. The molecule has 7 nitrogen and oxygen atoms in total. The molecule has 1 saturated heterocycles. The molecule has 7 heteroatoms. The highest BCUT2D eigenvalue weighted by Crippen LogP contribution is 2.15. The van der Waals surface area contributed by atoms with Crippen LogP contribution >= 0.6 is 0 Å². The van der Waals surface area contributed by atoms with Gasteiger partial charge < -0.3 is 15.3 Å². The molecule has 0 radical (unpaired) electrons. The van der Waals surface area contributed by atoms with Crippen LogP contribution in [0.3, 0.4) is 0 Å². The number of carbonyl (C=O) groups excluding carboxylic acids is 1. The van der Waals surface area contributed by atoms with Gasteiger partial charge in [0.15, 0.2) is 0 Å². The summed E-state index contributed by atoms with van der Waals surface area (Å²) < 4.78 is 1.69. The van der Waals surface area contributed by atoms with Gasteiger partial charge in [0.2, 0.25) is 0 Å². The van der Waals surface area contributed by atoms with Gasteiger partial charge in [0, 0.05) is 25.2 Å². The lowest BCUT2D eigenvalue weighted by Crippen LogP contribution is -2.37. The number of piperidine rings is 1. The van der Waals surface area contributed by atoms with Gasteiger partial charge in [-0.25, -0.2) is 9.67 Å². The van der Waals surface area contributed by atoms with Gasteiger partial charge in [-0.3, -0.25) is 4.79 Å². The molecule has 25 heavy (non-hydrogen) atoms. The molecule has 0 unspecified atom stereocenters. The number of aromatic nitrogens is 3. The van der Waals surface area contributed by atoms with Crippen molar-refractivity contribution in [3.63, 3.8) is 0 Å². The van der Waals surface area contributed by atoms with Crippen LogP contribution in [-0.4, -0.2) is 63.0 Å². The van der Waals surface area contributed by atoms with E-state index < -0.39 is 0 Å². The number of hydrogen-bond donors (Lipinski definition) is 2. The van der Waals surface area contributed by atoms with Crippen molar-refractivity contribution in [2.75, 3.05) is 26.2 Å². The Morgan fingerprint density at radius 3 is 2.84 bits per heavy atom. The van der Waals surface area contributed by atoms with Crippen LogP contribution in [-0.2, 0) is 0 Å². The normalized spacial score (nSPS) is 16.1. The molecule has 0 spiro atoms. The number of rotatable bonds is 6. The molecule has 1 fully saturated rings. The topological polar surface area (TPSA) is 83.3 Å². The van der Waals surface area contributed by atoms with E-state index in [-0.39, 0.29) is 12.0 Å². The van der Waals surface area contributed by atoms with Crippen LogP contribution in [0.1, 0.15) is 35.2 Å². The quantitative estimate of drug-likeness (QED) is 0.769. The van der Waals surface area contributed by atoms with Crippen molar-refractivity contribution in [1.29, 1.82) is 0 Å². The molecule has 1 aliphatic rings. The molecule has 3 rings (SSSR count). The Labute approximate surface area is 147 Å². The molecule has 1 aromatic heterocycles. The molecule has 2 N–H and O–H groups in total. The Hall–Kier alpha value is -2.25. The predicted molar refractivity (Wildman–Crippen MR) is 94.7 cm³/mol. The number of nitrogens with one attached hydrogen (secondary N) is 1. The van der Waals surface area contributed by atoms with Crippen molar-refractivity contribution in [2.45, 2.75) is 32.3 Å². The van der Waals surface area contributed by atoms with Gasteiger partial charge in [0.05, 0.1) is 11.8 Å². The summed E-state index contributed by atoms with van der Waals surface area (Å²) in [4.78, 5) is 18.6. The minimum atomic E-state index is -0.139. The third-order valence-corrected chi connectivity index (χ3v) is 4.62. The van der Waals surface area contributed by atoms with Crippen LogP contribution < -0.4 is 5.32 Å². The van der Waals surface area contributed by atoms with Crippen LogP contribution in [0, 0.1) is 6.92 Å². The zero-order valence-electron chi connectivity index (χ0n) is 14.6. The zero-order valence-corrected chi connectivity index (χ0v) is 14.6. The maximum absolute atomic E-state index is 12.3. The van der Waals surface area contributed by atoms with Crippen molar-refractivity contribution in [2.24, 2.45) is 0 Å². The second-order valence-electron chi connectivity index (χ2n) is 6.52. The summed E-state index contributed by atoms with van der Waals surface area (Å²) in [5.41, 5.74) is 2.55. The molecule has 1 amide bonds. The van der Waals surface area contributed by atoms with Gasteiger partial charge in [0.1, 0.15) is 12.7 Å². The van der Waals surface area contributed by atoms with E-state index in [2.05, 4.69) is 20.3 Å². The highest BCUT2D eigenvalue weighted by atomic mass is 16.3. The summed E-state index contributed by atoms with van der Waals surface area (Å²) >= 11 is 0. The minimum absolute atomic E-state index is 0.0534. The molecule has 0 aliphatic carbocycles. The first-order valence-corrected chi connectivity index (χ1v) is 8.78. The number of aliphatic hydroxyl groups excluding tert-OH is 1. The molecule has 2 aromatic rings. The maximum atomic E-state index is 12.3. The van der Waals surface area contributed by atoms with Gasteiger partial charge in [-0.15, -0.1) is 0 Å². The largest absolute Gasteiger partial charge is 0.393 e. The van der Waals surface area contributed by atoms with Gasteiger partial charge in [-0.2, -0.15) is 5.10 Å². The smallest absolute Gasteiger partial charge is 0.251 e. The molecule has 1 aromatic carbocycles. The van der Waals surface area contributed by atoms with Crippen molar-refractivity contribution in [3.8, 4) is 5.69 Å². The van der Waals surface area contributed by atoms with Crippen LogP contribution in [0.15, 0.2) is 30.9 Å². The number of aryl methyl sites for hydroxylation is 1. The highest BCUT2D eigenvalue weighted by Gasteiger charge is 2.16. The second kappa shape index (κ2) is 8.22. The van der Waals surface area contributed by atoms with Crippen LogP contribution in [0.2, 0.25) is 0 Å². The summed E-state index contributed by atoms with van der Waals surface area (Å²) in [7, 11) is 0. The molecule has 0 saturated carbocycles. The molecular formula is C18H25N5O2. The second-order valence-corrected chi connectivity index (χ2v) is 6.52. The van der Waals surface area contributed by atoms with E-state index in [0.717, 1.165) is 50.1 Å². The zero-order chi connectivity index (χ0) is 17.6. The fourth-order valence-corrected chi connectivity index (χ4v) is 3.14. The van der Waals surface area contributed by atoms with Crippen LogP contribution in [0.4, 0.5) is 0 Å². The lowest BCUT2D eigenvalue weighted by Gasteiger charge is -2.29. The summed E-state index contributed by atoms with van der Waals surface area (Å²) in [5, 5.41) is 16.6. The average molecular weight is 343 g/mol. The van der Waals surface area contributed by atoms with Crippen LogP contribution in [0.5, 0.6) is 0 Å². The molecule has 0 atom stereocenters. The van der Waals surface area contributed by atoms with E-state index in [1.165, 1.54) is 6.33 Å². The van der Waals surface area contributed by atoms with Crippen molar-refractivity contribution < 1.29 is 9.90 Å². The monoisotopic (exact) mass is 343 g/mol. The SMILES string of the molecule is Cc1cc(C(=O)NCCCN2CCC(O)CC2)ccc1-n1cncn1. The van der Waals surface area contributed by atoms with Gasteiger partial charge in [0.25, 0.3) is 5.91 Å². The number of aliphatic hydroxyl groups is 1. The summed E-state index contributed by atoms with van der Waals surface area (Å²) in [6, 6.07) is 5.57. The fourth-order valence-electron chi connectivity index (χ4n) is 3.14. The van der Waals surface area contributed by atoms with E-state index in [4.69, 9.17) is 0 Å². The van der Waals surface area contributed by atoms with Crippen molar-refractivity contribution in [1.82, 2.24) is 25.0 Å². The molecular weight excluding hydrogens is 318 g/mol. The van der Waals surface area contributed by atoms with Gasteiger partial charge in [-0.1, -0.05) is 0 Å². The van der Waals surface area contributed by atoms with Crippen molar-refractivity contribution >= 4 is 5.91 Å². The molecule has 2 heterocycles. The summed E-state index contributed by atoms with van der Waals surface area (Å²) in [6.07, 6.45) is 5.61. The number of carbonyl (C=O) groups is 1. The third kappa shape index (κ3) is 4.64. The predicted octanol–water partition coefficient (Wildman–Crippen LogP) is 1.15. The Kier molecular flexibility index (Phi) is 5.78. The third-order valence-electron chi connectivity index (χ3n) is 4.62. The fraction of sp³-hybridized carbons (Fsp3) is 0.500. The van der Waals surface area contributed by atoms with E-state index in [1.807, 2.05) is 25.1 Å². The number of amides is 1.